The first kappa shape index (κ1) is 26.1. The first-order valence-electron chi connectivity index (χ1n) is 11.3. The molecule has 0 fully saturated rings. The number of nitrogens with one attached hydrogen (secondary N) is 1. The number of sulfonamides is 1. The molecule has 0 unspecified atom stereocenters. The van der Waals surface area contributed by atoms with Crippen LogP contribution in [0.1, 0.15) is 0 Å². The van der Waals surface area contributed by atoms with Crippen LogP contribution in [0.4, 0.5) is 10.2 Å². The molecule has 0 saturated carbocycles. The number of nitrogens with zero attached hydrogens (tertiary/aromatic N) is 4. The molecule has 0 atom stereocenters. The molecule has 0 radical (unpaired) electrons. The first-order chi connectivity index (χ1) is 18.7. The Labute approximate surface area is 226 Å². The summed E-state index contributed by atoms with van der Waals surface area (Å²) in [6.07, 6.45) is 2.82. The smallest absolute Gasteiger partial charge is 0.263 e. The van der Waals surface area contributed by atoms with Crippen molar-refractivity contribution >= 4 is 38.3 Å². The van der Waals surface area contributed by atoms with Crippen LogP contribution in [0.3, 0.4) is 0 Å². The van der Waals surface area contributed by atoms with E-state index in [1.807, 2.05) is 0 Å². The van der Waals surface area contributed by atoms with Crippen molar-refractivity contribution in [2.45, 2.75) is 4.90 Å². The quantitative estimate of drug-likeness (QED) is 0.306. The topological polar surface area (TPSA) is 125 Å². The van der Waals surface area contributed by atoms with Gasteiger partial charge in [-0.2, -0.15) is 5.10 Å². The van der Waals surface area contributed by atoms with Crippen molar-refractivity contribution in [1.82, 2.24) is 19.7 Å². The molecule has 0 bridgehead atoms. The fourth-order valence-electron chi connectivity index (χ4n) is 4.02. The van der Waals surface area contributed by atoms with Crippen LogP contribution in [-0.4, -0.2) is 42.4 Å². The van der Waals surface area contributed by atoms with E-state index in [-0.39, 0.29) is 38.6 Å². The summed E-state index contributed by atoms with van der Waals surface area (Å²) in [5, 5.41) is 8.00. The highest BCUT2D eigenvalue weighted by molar-refractivity contribution is 7.92. The SMILES string of the molecule is COc1cc(-c2cnc(OC)c(Cl)c2)c(F)cc1-n1c(=O)ccc2cc(S(=O)(=O)Nc3cccnn3)ccc21. The third-order valence-corrected chi connectivity index (χ3v) is 7.43. The standard InChI is InChI=1S/C26H19ClFN5O5S/c1-37-23-12-18(16-11-19(27)26(38-2)29-14-16)20(28)13-22(23)33-21-7-6-17(10-15(21)5-8-25(33)34)39(35,36)32-24-4-3-9-30-31-24/h3-14H,1-2H3,(H,31,32). The maximum atomic E-state index is 15.4. The number of hydrogen-bond acceptors (Lipinski definition) is 8. The lowest BCUT2D eigenvalue weighted by atomic mass is 10.1. The zero-order valence-electron chi connectivity index (χ0n) is 20.4. The molecule has 3 heterocycles. The van der Waals surface area contributed by atoms with Gasteiger partial charge in [0.1, 0.15) is 16.6 Å². The number of rotatable bonds is 7. The van der Waals surface area contributed by atoms with E-state index in [4.69, 9.17) is 21.1 Å². The van der Waals surface area contributed by atoms with Crippen molar-refractivity contribution in [1.29, 1.82) is 0 Å². The predicted molar refractivity (Wildman–Crippen MR) is 144 cm³/mol. The maximum Gasteiger partial charge on any atom is 0.263 e. The van der Waals surface area contributed by atoms with E-state index in [1.165, 1.54) is 79.7 Å². The molecule has 0 spiro atoms. The lowest BCUT2D eigenvalue weighted by Crippen LogP contribution is -2.19. The highest BCUT2D eigenvalue weighted by Gasteiger charge is 2.20. The number of aromatic nitrogens is 4. The van der Waals surface area contributed by atoms with Crippen molar-refractivity contribution in [3.8, 4) is 28.4 Å². The van der Waals surface area contributed by atoms with Crippen molar-refractivity contribution in [2.24, 2.45) is 0 Å². The number of ether oxygens (including phenoxy) is 2. The molecular formula is C26H19ClFN5O5S. The van der Waals surface area contributed by atoms with Crippen molar-refractivity contribution in [3.05, 3.63) is 94.3 Å². The Morgan fingerprint density at radius 1 is 1.03 bits per heavy atom. The molecule has 0 amide bonds. The van der Waals surface area contributed by atoms with E-state index in [0.717, 1.165) is 6.07 Å². The van der Waals surface area contributed by atoms with Gasteiger partial charge in [0.05, 0.1) is 30.3 Å². The third-order valence-electron chi connectivity index (χ3n) is 5.81. The lowest BCUT2D eigenvalue weighted by molar-refractivity contribution is 0.398. The summed E-state index contributed by atoms with van der Waals surface area (Å²) in [6, 6.07) is 14.0. The van der Waals surface area contributed by atoms with Crippen LogP contribution in [0.15, 0.2) is 82.7 Å². The summed E-state index contributed by atoms with van der Waals surface area (Å²) < 4.78 is 55.4. The molecule has 1 N–H and O–H groups in total. The lowest BCUT2D eigenvalue weighted by Gasteiger charge is -2.17. The predicted octanol–water partition coefficient (Wildman–Crippen LogP) is 4.45. The van der Waals surface area contributed by atoms with Crippen molar-refractivity contribution in [2.75, 3.05) is 18.9 Å². The van der Waals surface area contributed by atoms with Gasteiger partial charge in [0.2, 0.25) is 5.88 Å². The fraction of sp³-hybridized carbons (Fsp3) is 0.0769. The molecule has 0 aliphatic rings. The van der Waals surface area contributed by atoms with Crippen LogP contribution in [0.2, 0.25) is 5.02 Å². The Bertz CT molecular complexity index is 1880. The molecule has 0 aliphatic carbocycles. The number of hydrogen-bond donors (Lipinski definition) is 1. The summed E-state index contributed by atoms with van der Waals surface area (Å²) in [7, 11) is -1.20. The summed E-state index contributed by atoms with van der Waals surface area (Å²) in [5.41, 5.74) is 0.495. The Balaban J connectivity index is 1.62. The van der Waals surface area contributed by atoms with Gasteiger partial charge in [0.15, 0.2) is 5.82 Å². The molecule has 39 heavy (non-hydrogen) atoms. The van der Waals surface area contributed by atoms with Gasteiger partial charge in [-0.05, 0) is 48.5 Å². The van der Waals surface area contributed by atoms with Crippen LogP contribution in [-0.2, 0) is 10.0 Å². The van der Waals surface area contributed by atoms with E-state index in [2.05, 4.69) is 19.9 Å². The summed E-state index contributed by atoms with van der Waals surface area (Å²) in [4.78, 5) is 17.0. The largest absolute Gasteiger partial charge is 0.495 e. The molecule has 0 aliphatic heterocycles. The van der Waals surface area contributed by atoms with Gasteiger partial charge in [0.25, 0.3) is 15.6 Å². The molecule has 3 aromatic heterocycles. The number of halogens is 2. The average Bonchev–Trinajstić information content (AvgIpc) is 2.93. The summed E-state index contributed by atoms with van der Waals surface area (Å²) in [6.45, 7) is 0. The highest BCUT2D eigenvalue weighted by Crippen LogP contribution is 2.35. The fourth-order valence-corrected chi connectivity index (χ4v) is 5.29. The number of methoxy groups -OCH3 is 2. The molecule has 13 heteroatoms. The van der Waals surface area contributed by atoms with Crippen molar-refractivity contribution in [3.63, 3.8) is 0 Å². The Hall–Kier alpha value is -4.55. The van der Waals surface area contributed by atoms with E-state index in [9.17, 15) is 13.2 Å². The Kier molecular flexibility index (Phi) is 6.89. The van der Waals surface area contributed by atoms with Crippen LogP contribution < -0.4 is 19.8 Å². The Morgan fingerprint density at radius 3 is 2.54 bits per heavy atom. The van der Waals surface area contributed by atoms with Crippen LogP contribution >= 0.6 is 11.6 Å². The monoisotopic (exact) mass is 567 g/mol. The summed E-state index contributed by atoms with van der Waals surface area (Å²) in [5.74, 6) is -0.227. The highest BCUT2D eigenvalue weighted by atomic mass is 35.5. The maximum absolute atomic E-state index is 15.4. The van der Waals surface area contributed by atoms with Gasteiger partial charge < -0.3 is 9.47 Å². The first-order valence-corrected chi connectivity index (χ1v) is 13.1. The second kappa shape index (κ2) is 10.3. The van der Waals surface area contributed by atoms with Gasteiger partial charge in [-0.3, -0.25) is 14.1 Å². The minimum atomic E-state index is -4.01. The van der Waals surface area contributed by atoms with Crippen LogP contribution in [0, 0.1) is 5.82 Å². The summed E-state index contributed by atoms with van der Waals surface area (Å²) >= 11 is 6.17. The zero-order chi connectivity index (χ0) is 27.7. The number of benzene rings is 2. The minimum absolute atomic E-state index is 0.0521. The zero-order valence-corrected chi connectivity index (χ0v) is 22.0. The molecule has 2 aromatic carbocycles. The van der Waals surface area contributed by atoms with Crippen LogP contribution in [0.5, 0.6) is 11.6 Å². The number of pyridine rings is 2. The van der Waals surface area contributed by atoms with Gasteiger partial charge in [0, 0.05) is 41.0 Å². The van der Waals surface area contributed by atoms with Gasteiger partial charge in [-0.25, -0.2) is 17.8 Å². The average molecular weight is 568 g/mol. The molecule has 5 rings (SSSR count). The molecule has 198 valence electrons. The second-order valence-electron chi connectivity index (χ2n) is 8.16. The normalized spacial score (nSPS) is 11.4. The van der Waals surface area contributed by atoms with Gasteiger partial charge in [-0.15, -0.1) is 5.10 Å². The number of fused-ring (bicyclic) bond motifs is 1. The molecule has 0 saturated heterocycles. The molecule has 10 nitrogen and oxygen atoms in total. The van der Waals surface area contributed by atoms with Gasteiger partial charge in [-0.1, -0.05) is 11.6 Å². The van der Waals surface area contributed by atoms with Crippen molar-refractivity contribution < 1.29 is 22.3 Å². The second-order valence-corrected chi connectivity index (χ2v) is 10.3. The van der Waals surface area contributed by atoms with Crippen LogP contribution in [0.25, 0.3) is 27.7 Å². The molecule has 5 aromatic rings. The van der Waals surface area contributed by atoms with E-state index in [1.54, 1.807) is 6.07 Å². The van der Waals surface area contributed by atoms with E-state index in [0.29, 0.717) is 16.5 Å². The number of anilines is 1. The van der Waals surface area contributed by atoms with Gasteiger partial charge >= 0.3 is 0 Å². The third kappa shape index (κ3) is 4.99. The molecular weight excluding hydrogens is 549 g/mol. The van der Waals surface area contributed by atoms with E-state index < -0.39 is 21.4 Å². The Morgan fingerprint density at radius 2 is 1.85 bits per heavy atom. The van der Waals surface area contributed by atoms with E-state index >= 15 is 4.39 Å². The minimum Gasteiger partial charge on any atom is -0.495 e.